The monoisotopic (exact) mass is 321 g/mol. The van der Waals surface area contributed by atoms with E-state index in [4.69, 9.17) is 0 Å². The molecule has 0 fully saturated rings. The first-order valence-corrected chi connectivity index (χ1v) is 6.37. The van der Waals surface area contributed by atoms with E-state index in [2.05, 4.69) is 21.2 Å². The zero-order chi connectivity index (χ0) is 14.0. The van der Waals surface area contributed by atoms with E-state index in [0.717, 1.165) is 0 Å². The molecule has 2 aromatic rings. The van der Waals surface area contributed by atoms with Crippen molar-refractivity contribution in [1.29, 1.82) is 0 Å². The molecule has 1 amide bonds. The van der Waals surface area contributed by atoms with Gasteiger partial charge in [0.25, 0.3) is 5.91 Å². The highest BCUT2D eigenvalue weighted by atomic mass is 79.9. The lowest BCUT2D eigenvalue weighted by molar-refractivity contribution is 0.102. The van der Waals surface area contributed by atoms with Crippen LogP contribution in [0, 0.1) is 6.92 Å². The van der Waals surface area contributed by atoms with Crippen molar-refractivity contribution in [2.45, 2.75) is 6.92 Å². The predicted molar refractivity (Wildman–Crippen MR) is 76.6 cm³/mol. The summed E-state index contributed by atoms with van der Waals surface area (Å²) in [6, 6.07) is 9.47. The molecule has 2 rings (SSSR count). The maximum Gasteiger partial charge on any atom is 0.255 e. The summed E-state index contributed by atoms with van der Waals surface area (Å²) >= 11 is 3.15. The smallest absolute Gasteiger partial charge is 0.255 e. The molecule has 4 nitrogen and oxygen atoms in total. The van der Waals surface area contributed by atoms with Crippen LogP contribution < -0.4 is 5.32 Å². The quantitative estimate of drug-likeness (QED) is 0.793. The van der Waals surface area contributed by atoms with Crippen LogP contribution in [0.5, 0.6) is 11.5 Å². The maximum absolute atomic E-state index is 12.0. The van der Waals surface area contributed by atoms with E-state index in [1.54, 1.807) is 37.3 Å². The Balaban J connectivity index is 2.26. The fraction of sp³-hybridized carbons (Fsp3) is 0.0714. The van der Waals surface area contributed by atoms with Gasteiger partial charge in [0.1, 0.15) is 11.5 Å². The number of carbonyl (C=O) groups is 1. The number of halogens is 1. The van der Waals surface area contributed by atoms with Crippen LogP contribution in [0.1, 0.15) is 15.9 Å². The van der Waals surface area contributed by atoms with E-state index in [-0.39, 0.29) is 17.4 Å². The minimum atomic E-state index is -0.350. The van der Waals surface area contributed by atoms with Crippen LogP contribution in [-0.4, -0.2) is 16.1 Å². The maximum atomic E-state index is 12.0. The van der Waals surface area contributed by atoms with Gasteiger partial charge in [-0.1, -0.05) is 6.07 Å². The largest absolute Gasteiger partial charge is 0.508 e. The van der Waals surface area contributed by atoms with Crippen LogP contribution >= 0.6 is 15.9 Å². The fourth-order valence-electron chi connectivity index (χ4n) is 1.61. The van der Waals surface area contributed by atoms with Gasteiger partial charge < -0.3 is 15.5 Å². The number of phenolic OH excluding ortho intramolecular Hbond substituents is 2. The second-order valence-corrected chi connectivity index (χ2v) is 4.92. The zero-order valence-corrected chi connectivity index (χ0v) is 11.7. The van der Waals surface area contributed by atoms with Crippen molar-refractivity contribution in [3.05, 3.63) is 52.0 Å². The molecule has 0 aromatic heterocycles. The van der Waals surface area contributed by atoms with Crippen molar-refractivity contribution < 1.29 is 15.0 Å². The number of hydrogen-bond acceptors (Lipinski definition) is 3. The summed E-state index contributed by atoms with van der Waals surface area (Å²) in [5, 5.41) is 21.8. The molecule has 19 heavy (non-hydrogen) atoms. The molecule has 3 N–H and O–H groups in total. The van der Waals surface area contributed by atoms with E-state index >= 15 is 0 Å². The molecule has 0 radical (unpaired) electrons. The fourth-order valence-corrected chi connectivity index (χ4v) is 1.85. The van der Waals surface area contributed by atoms with E-state index in [1.165, 1.54) is 6.07 Å². The summed E-state index contributed by atoms with van der Waals surface area (Å²) in [6.07, 6.45) is 0. The summed E-state index contributed by atoms with van der Waals surface area (Å²) in [4.78, 5) is 12.0. The van der Waals surface area contributed by atoms with Crippen LogP contribution in [0.4, 0.5) is 5.69 Å². The Labute approximate surface area is 118 Å². The molecule has 0 spiro atoms. The number of anilines is 1. The molecular weight excluding hydrogens is 310 g/mol. The molecule has 0 aliphatic rings. The number of nitrogens with one attached hydrogen (secondary N) is 1. The lowest BCUT2D eigenvalue weighted by atomic mass is 10.1. The van der Waals surface area contributed by atoms with Crippen LogP contribution in [-0.2, 0) is 0 Å². The Bertz CT molecular complexity index is 641. The molecule has 0 atom stereocenters. The second kappa shape index (κ2) is 5.32. The lowest BCUT2D eigenvalue weighted by Gasteiger charge is -2.10. The molecule has 98 valence electrons. The van der Waals surface area contributed by atoms with Crippen molar-refractivity contribution in [1.82, 2.24) is 0 Å². The molecule has 5 heteroatoms. The van der Waals surface area contributed by atoms with Gasteiger partial charge in [-0.3, -0.25) is 4.79 Å². The third-order valence-corrected chi connectivity index (χ3v) is 3.43. The predicted octanol–water partition coefficient (Wildman–Crippen LogP) is 3.42. The summed E-state index contributed by atoms with van der Waals surface area (Å²) in [5.74, 6) is -0.228. The number of amides is 1. The summed E-state index contributed by atoms with van der Waals surface area (Å²) in [6.45, 7) is 1.71. The Morgan fingerprint density at radius 2 is 1.89 bits per heavy atom. The highest BCUT2D eigenvalue weighted by molar-refractivity contribution is 9.10. The third-order valence-electron chi connectivity index (χ3n) is 2.76. The van der Waals surface area contributed by atoms with Gasteiger partial charge in [-0.15, -0.1) is 0 Å². The molecule has 0 saturated carbocycles. The first kappa shape index (κ1) is 13.4. The highest BCUT2D eigenvalue weighted by Gasteiger charge is 2.11. The molecule has 2 aromatic carbocycles. The summed E-state index contributed by atoms with van der Waals surface area (Å²) in [7, 11) is 0. The molecule has 0 bridgehead atoms. The minimum Gasteiger partial charge on any atom is -0.508 e. The van der Waals surface area contributed by atoms with Crippen molar-refractivity contribution >= 4 is 27.5 Å². The second-order valence-electron chi connectivity index (χ2n) is 4.07. The number of rotatable bonds is 2. The Hall–Kier alpha value is -2.01. The number of phenols is 2. The van der Waals surface area contributed by atoms with E-state index in [9.17, 15) is 15.0 Å². The SMILES string of the molecule is Cc1c(O)cccc1NC(=O)c1ccc(Br)c(O)c1. The molecule has 0 unspecified atom stereocenters. The van der Waals surface area contributed by atoms with Gasteiger partial charge in [-0.05, 0) is 53.2 Å². The third kappa shape index (κ3) is 2.88. The average Bonchev–Trinajstić information content (AvgIpc) is 2.38. The molecule has 0 heterocycles. The van der Waals surface area contributed by atoms with Gasteiger partial charge in [0.15, 0.2) is 0 Å². The van der Waals surface area contributed by atoms with Gasteiger partial charge in [0.2, 0.25) is 0 Å². The summed E-state index contributed by atoms with van der Waals surface area (Å²) < 4.78 is 0.526. The number of carbonyl (C=O) groups excluding carboxylic acids is 1. The Kier molecular flexibility index (Phi) is 3.76. The van der Waals surface area contributed by atoms with E-state index in [0.29, 0.717) is 21.3 Å². The average molecular weight is 322 g/mol. The van der Waals surface area contributed by atoms with Crippen LogP contribution in [0.15, 0.2) is 40.9 Å². The summed E-state index contributed by atoms with van der Waals surface area (Å²) in [5.41, 5.74) is 1.47. The normalized spacial score (nSPS) is 10.2. The van der Waals surface area contributed by atoms with E-state index < -0.39 is 0 Å². The first-order chi connectivity index (χ1) is 8.99. The Morgan fingerprint density at radius 3 is 2.58 bits per heavy atom. The van der Waals surface area contributed by atoms with Crippen molar-refractivity contribution in [3.63, 3.8) is 0 Å². The van der Waals surface area contributed by atoms with Gasteiger partial charge >= 0.3 is 0 Å². The van der Waals surface area contributed by atoms with Crippen LogP contribution in [0.2, 0.25) is 0 Å². The van der Waals surface area contributed by atoms with E-state index in [1.807, 2.05) is 0 Å². The molecule has 0 aliphatic heterocycles. The number of aromatic hydroxyl groups is 2. The van der Waals surface area contributed by atoms with Crippen LogP contribution in [0.3, 0.4) is 0 Å². The van der Waals surface area contributed by atoms with Crippen molar-refractivity contribution in [2.24, 2.45) is 0 Å². The van der Waals surface area contributed by atoms with Gasteiger partial charge in [0.05, 0.1) is 4.47 Å². The lowest BCUT2D eigenvalue weighted by Crippen LogP contribution is -2.12. The number of benzene rings is 2. The number of hydrogen-bond donors (Lipinski definition) is 3. The zero-order valence-electron chi connectivity index (χ0n) is 10.1. The molecular formula is C14H12BrNO3. The Morgan fingerprint density at radius 1 is 1.16 bits per heavy atom. The van der Waals surface area contributed by atoms with Gasteiger partial charge in [-0.25, -0.2) is 0 Å². The van der Waals surface area contributed by atoms with Gasteiger partial charge in [0, 0.05) is 16.8 Å². The minimum absolute atomic E-state index is 0.000260. The van der Waals surface area contributed by atoms with Gasteiger partial charge in [-0.2, -0.15) is 0 Å². The first-order valence-electron chi connectivity index (χ1n) is 5.57. The van der Waals surface area contributed by atoms with Crippen molar-refractivity contribution in [3.8, 4) is 11.5 Å². The topological polar surface area (TPSA) is 69.6 Å². The standard InChI is InChI=1S/C14H12BrNO3/c1-8-11(3-2-4-12(8)17)16-14(19)9-5-6-10(15)13(18)7-9/h2-7,17-18H,1H3,(H,16,19). The van der Waals surface area contributed by atoms with Crippen LogP contribution in [0.25, 0.3) is 0 Å². The van der Waals surface area contributed by atoms with Crippen molar-refractivity contribution in [2.75, 3.05) is 5.32 Å². The highest BCUT2D eigenvalue weighted by Crippen LogP contribution is 2.26. The molecule has 0 saturated heterocycles. The molecule has 0 aliphatic carbocycles.